The van der Waals surface area contributed by atoms with Gasteiger partial charge >= 0.3 is 8.25 Å². The van der Waals surface area contributed by atoms with Gasteiger partial charge in [0.1, 0.15) is 0 Å². The molecule has 0 bridgehead atoms. The Kier molecular flexibility index (Phi) is 12.6. The molecule has 0 aliphatic carbocycles. The maximum absolute atomic E-state index is 8.70. The van der Waals surface area contributed by atoms with Crippen molar-refractivity contribution in [3.63, 3.8) is 0 Å². The van der Waals surface area contributed by atoms with Gasteiger partial charge in [0, 0.05) is 30.8 Å². The first kappa shape index (κ1) is 13.7. The van der Waals surface area contributed by atoms with Gasteiger partial charge < -0.3 is 0 Å². The van der Waals surface area contributed by atoms with Crippen LogP contribution in [0.1, 0.15) is 0 Å². The van der Waals surface area contributed by atoms with E-state index in [1.165, 1.54) is 0 Å². The first-order chi connectivity index (χ1) is 4.73. The summed E-state index contributed by atoms with van der Waals surface area (Å²) >= 11 is 0. The molecule has 0 aliphatic heterocycles. The fourth-order valence-corrected chi connectivity index (χ4v) is 0.385. The number of rotatable bonds is 0. The Morgan fingerprint density at radius 1 is 0.818 bits per heavy atom. The fraction of sp³-hybridized carbons (Fsp3) is 0. The minimum atomic E-state index is -2.87. The summed E-state index contributed by atoms with van der Waals surface area (Å²) < 4.78 is 8.70. The van der Waals surface area contributed by atoms with Crippen LogP contribution in [-0.2, 0) is 30.8 Å². The minimum absolute atomic E-state index is 0. The maximum atomic E-state index is 8.70. The van der Waals surface area contributed by atoms with E-state index >= 15 is 0 Å². The molecule has 1 rings (SSSR count). The monoisotopic (exact) mass is 249 g/mol. The van der Waals surface area contributed by atoms with Crippen LogP contribution in [0.25, 0.3) is 0 Å². The molecule has 1 aromatic rings. The Morgan fingerprint density at radius 3 is 1.00 bits per heavy atom. The summed E-state index contributed by atoms with van der Waals surface area (Å²) in [4.78, 5) is 14.2. The van der Waals surface area contributed by atoms with Gasteiger partial charge in [-0.2, -0.15) is 0 Å². The molecule has 0 heterocycles. The Bertz CT molecular complexity index is 150. The van der Waals surface area contributed by atoms with E-state index in [4.69, 9.17) is 14.4 Å². The van der Waals surface area contributed by atoms with Crippen LogP contribution in [0.2, 0.25) is 0 Å². The molecule has 2 N–H and O–H groups in total. The van der Waals surface area contributed by atoms with Gasteiger partial charge in [-0.3, -0.25) is 0 Å². The van der Waals surface area contributed by atoms with E-state index in [2.05, 4.69) is 0 Å². The Morgan fingerprint density at radius 2 is 0.909 bits per heavy atom. The van der Waals surface area contributed by atoms with Crippen molar-refractivity contribution in [2.24, 2.45) is 0 Å². The quantitative estimate of drug-likeness (QED) is 0.683. The third-order valence-corrected chi connectivity index (χ3v) is 0.667. The summed E-state index contributed by atoms with van der Waals surface area (Å²) in [5, 5.41) is 0. The van der Waals surface area contributed by atoms with E-state index in [9.17, 15) is 0 Å². The van der Waals surface area contributed by atoms with Gasteiger partial charge in [0.2, 0.25) is 0 Å². The molecule has 0 unspecified atom stereocenters. The van der Waals surface area contributed by atoms with E-state index in [1.54, 1.807) is 0 Å². The third-order valence-electron chi connectivity index (χ3n) is 0.667. The second kappa shape index (κ2) is 10.1. The van der Waals surface area contributed by atoms with Crippen LogP contribution in [0.3, 0.4) is 0 Å². The van der Waals surface area contributed by atoms with Gasteiger partial charge in [-0.05, 0) is 0 Å². The zero-order valence-corrected chi connectivity index (χ0v) is 9.07. The summed E-state index contributed by atoms with van der Waals surface area (Å²) in [6.07, 6.45) is 0. The van der Waals surface area contributed by atoms with Gasteiger partial charge in [-0.1, -0.05) is 36.4 Å². The molecule has 58 valence electrons. The van der Waals surface area contributed by atoms with Gasteiger partial charge in [0.05, 0.1) is 0 Å². The molecule has 0 radical (unpaired) electrons. The van der Waals surface area contributed by atoms with Gasteiger partial charge in [-0.15, -0.1) is 9.79 Å². The molecule has 3 nitrogen and oxygen atoms in total. The summed E-state index contributed by atoms with van der Waals surface area (Å²) in [6.45, 7) is 0. The van der Waals surface area contributed by atoms with Crippen molar-refractivity contribution < 1.29 is 40.6 Å². The van der Waals surface area contributed by atoms with Crippen LogP contribution in [-0.4, -0.2) is 9.79 Å². The Balaban J connectivity index is 0. The third kappa shape index (κ3) is 17.8. The normalized spacial score (nSPS) is 6.73. The van der Waals surface area contributed by atoms with Crippen LogP contribution >= 0.6 is 8.25 Å². The zero-order chi connectivity index (χ0) is 7.82. The van der Waals surface area contributed by atoms with Crippen LogP contribution in [0.5, 0.6) is 0 Å². The molecular weight excluding hydrogens is 242 g/mol. The van der Waals surface area contributed by atoms with E-state index in [-0.39, 0.29) is 26.2 Å². The summed E-state index contributed by atoms with van der Waals surface area (Å²) in [6, 6.07) is 12.0. The molecule has 0 atom stereocenters. The predicted molar refractivity (Wildman–Crippen MR) is 38.5 cm³/mol. The van der Waals surface area contributed by atoms with Crippen LogP contribution in [0.15, 0.2) is 36.4 Å². The molecule has 0 saturated carbocycles. The number of hydrogen-bond donors (Lipinski definition) is 2. The minimum Gasteiger partial charge on any atom is -0.134 e. The zero-order valence-electron chi connectivity index (χ0n) is 5.71. The Hall–Kier alpha value is 0.123. The van der Waals surface area contributed by atoms with Gasteiger partial charge in [0.25, 0.3) is 0 Å². The Labute approximate surface area is 85.2 Å². The van der Waals surface area contributed by atoms with Crippen LogP contribution < -0.4 is 0 Å². The van der Waals surface area contributed by atoms with Crippen LogP contribution in [0, 0.1) is 0 Å². The molecule has 0 amide bonds. The van der Waals surface area contributed by atoms with Crippen molar-refractivity contribution in [3.8, 4) is 0 Å². The van der Waals surface area contributed by atoms with E-state index in [0.717, 1.165) is 0 Å². The van der Waals surface area contributed by atoms with Crippen molar-refractivity contribution >= 4 is 8.25 Å². The van der Waals surface area contributed by atoms with E-state index in [0.29, 0.717) is 0 Å². The molecular formula is C6H8O3PZr+. The van der Waals surface area contributed by atoms with E-state index in [1.807, 2.05) is 36.4 Å². The smallest absolute Gasteiger partial charge is 0.134 e. The molecule has 11 heavy (non-hydrogen) atoms. The summed E-state index contributed by atoms with van der Waals surface area (Å²) in [5.74, 6) is 0. The number of benzene rings is 1. The largest absolute Gasteiger partial charge is 0.692 e. The molecule has 1 aromatic carbocycles. The molecule has 0 aliphatic rings. The average molecular weight is 250 g/mol. The van der Waals surface area contributed by atoms with Gasteiger partial charge in [-0.25, -0.2) is 0 Å². The van der Waals surface area contributed by atoms with Crippen molar-refractivity contribution in [2.75, 3.05) is 0 Å². The molecule has 0 saturated heterocycles. The summed E-state index contributed by atoms with van der Waals surface area (Å²) in [7, 11) is -2.87. The van der Waals surface area contributed by atoms with Gasteiger partial charge in [0.15, 0.2) is 0 Å². The van der Waals surface area contributed by atoms with Crippen LogP contribution in [0.4, 0.5) is 0 Å². The van der Waals surface area contributed by atoms with Crippen molar-refractivity contribution in [1.29, 1.82) is 0 Å². The predicted octanol–water partition coefficient (Wildman–Crippen LogP) is 1.31. The topological polar surface area (TPSA) is 57.5 Å². The molecule has 0 spiro atoms. The van der Waals surface area contributed by atoms with E-state index < -0.39 is 8.25 Å². The average Bonchev–Trinajstić information content (AvgIpc) is 1.90. The second-order valence-electron chi connectivity index (χ2n) is 1.41. The molecule has 5 heteroatoms. The standard InChI is InChI=1S/C6H6.HO3P.Zr/c1-2-4-6-5-3-1;1-4(2)3;/h1-6H;(H-,1,2,3);/p+1. The number of hydrogen-bond acceptors (Lipinski definition) is 1. The van der Waals surface area contributed by atoms with Crippen molar-refractivity contribution in [1.82, 2.24) is 0 Å². The first-order valence-corrected chi connectivity index (χ1v) is 3.75. The van der Waals surface area contributed by atoms with Crippen molar-refractivity contribution in [3.05, 3.63) is 36.4 Å². The van der Waals surface area contributed by atoms with Crippen molar-refractivity contribution in [2.45, 2.75) is 0 Å². The SMILES string of the molecule is O=[P+](O)O.[Zr].c1ccccc1. The second-order valence-corrected chi connectivity index (χ2v) is 1.91. The fourth-order valence-electron chi connectivity index (χ4n) is 0.385. The molecule has 0 fully saturated rings. The maximum Gasteiger partial charge on any atom is 0.692 e. The first-order valence-electron chi connectivity index (χ1n) is 2.58. The molecule has 0 aromatic heterocycles. The summed E-state index contributed by atoms with van der Waals surface area (Å²) in [5.41, 5.74) is 0.